The molecule has 4 aromatic rings. The second kappa shape index (κ2) is 7.36. The van der Waals surface area contributed by atoms with Crippen LogP contribution in [0.15, 0.2) is 35.6 Å². The Bertz CT molecular complexity index is 1530. The molecule has 12 heteroatoms. The number of anilines is 3. The van der Waals surface area contributed by atoms with Gasteiger partial charge in [0.15, 0.2) is 5.82 Å². The van der Waals surface area contributed by atoms with Crippen LogP contribution < -0.4 is 16.2 Å². The average Bonchev–Trinajstić information content (AvgIpc) is 3.15. The smallest absolute Gasteiger partial charge is 0.269 e. The number of nitrogens with one attached hydrogen (secondary N) is 2. The molecule has 0 unspecified atom stereocenters. The number of likely N-dealkylation sites (tertiary alicyclic amines) is 1. The summed E-state index contributed by atoms with van der Waals surface area (Å²) in [7, 11) is 3.94. The van der Waals surface area contributed by atoms with Gasteiger partial charge in [0.2, 0.25) is 5.95 Å². The molecular formula is C24H29N11O. The van der Waals surface area contributed by atoms with Crippen LogP contribution >= 0.6 is 0 Å². The fourth-order valence-corrected chi connectivity index (χ4v) is 5.73. The Hall–Kier alpha value is -3.80. The van der Waals surface area contributed by atoms with Gasteiger partial charge in [-0.2, -0.15) is 10.1 Å². The highest BCUT2D eigenvalue weighted by molar-refractivity contribution is 5.90. The van der Waals surface area contributed by atoms with Crippen LogP contribution in [0.4, 0.5) is 17.5 Å². The number of hydrogen-bond donors (Lipinski definition) is 2. The lowest BCUT2D eigenvalue weighted by atomic mass is 9.61. The van der Waals surface area contributed by atoms with E-state index in [0.717, 1.165) is 18.5 Å². The van der Waals surface area contributed by atoms with Crippen molar-refractivity contribution in [2.24, 2.45) is 12.5 Å². The van der Waals surface area contributed by atoms with Gasteiger partial charge in [-0.3, -0.25) is 18.7 Å². The van der Waals surface area contributed by atoms with Crippen LogP contribution in [-0.4, -0.2) is 69.9 Å². The van der Waals surface area contributed by atoms with Crippen molar-refractivity contribution in [3.05, 3.63) is 41.2 Å². The molecule has 5 heterocycles. The van der Waals surface area contributed by atoms with Gasteiger partial charge in [-0.25, -0.2) is 4.98 Å². The minimum Gasteiger partial charge on any atom is -0.364 e. The number of rotatable bonds is 6. The predicted octanol–water partition coefficient (Wildman–Crippen LogP) is 2.08. The highest BCUT2D eigenvalue weighted by Crippen LogP contribution is 2.53. The van der Waals surface area contributed by atoms with E-state index in [1.54, 1.807) is 24.1 Å². The quantitative estimate of drug-likeness (QED) is 0.421. The highest BCUT2D eigenvalue weighted by Gasteiger charge is 2.51. The third-order valence-electron chi connectivity index (χ3n) is 7.79. The molecule has 0 amide bonds. The SMILES string of the molecule is CN1CC2(CC(n3cc(Nc4nc(NC5(C)CC5)c5c(=O)n(-c6cn(C)nn6)ccc5n4)cn3)C2)C1. The van der Waals surface area contributed by atoms with Gasteiger partial charge in [0, 0.05) is 38.1 Å². The van der Waals surface area contributed by atoms with E-state index in [9.17, 15) is 4.79 Å². The number of fused-ring (bicyclic) bond motifs is 1. The fourth-order valence-electron chi connectivity index (χ4n) is 5.73. The first-order valence-corrected chi connectivity index (χ1v) is 12.4. The first-order chi connectivity index (χ1) is 17.3. The zero-order valence-corrected chi connectivity index (χ0v) is 20.6. The van der Waals surface area contributed by atoms with Crippen molar-refractivity contribution < 1.29 is 0 Å². The van der Waals surface area contributed by atoms with E-state index in [-0.39, 0.29) is 11.1 Å². The molecule has 3 aliphatic rings. The first-order valence-electron chi connectivity index (χ1n) is 12.4. The summed E-state index contributed by atoms with van der Waals surface area (Å²) in [6, 6.07) is 2.25. The summed E-state index contributed by atoms with van der Waals surface area (Å²) >= 11 is 0. The minimum absolute atomic E-state index is 0.0706. The Labute approximate surface area is 207 Å². The third-order valence-corrected chi connectivity index (χ3v) is 7.79. The lowest BCUT2D eigenvalue weighted by molar-refractivity contribution is -0.0786. The number of hydrogen-bond acceptors (Lipinski definition) is 9. The summed E-state index contributed by atoms with van der Waals surface area (Å²) < 4.78 is 5.09. The van der Waals surface area contributed by atoms with Crippen molar-refractivity contribution in [2.75, 3.05) is 30.8 Å². The summed E-state index contributed by atoms with van der Waals surface area (Å²) in [4.78, 5) is 25.3. The molecule has 1 spiro atoms. The van der Waals surface area contributed by atoms with Crippen LogP contribution in [0.1, 0.15) is 38.6 Å². The molecule has 2 saturated carbocycles. The Balaban J connectivity index is 1.20. The standard InChI is InChI=1S/C24H29N11O/c1-23(5-6-23)29-20-19-17(4-7-34(21(19)36)18-12-33(3)31-30-18)27-22(28-20)26-15-10-25-35(11-15)16-8-24(9-16)13-32(2)14-24/h4,7,10-12,16H,5-6,8-9,13-14H2,1-3H3,(H2,26,27,28,29). The molecular weight excluding hydrogens is 458 g/mol. The zero-order valence-electron chi connectivity index (χ0n) is 20.6. The predicted molar refractivity (Wildman–Crippen MR) is 135 cm³/mol. The lowest BCUT2D eigenvalue weighted by Gasteiger charge is -2.58. The summed E-state index contributed by atoms with van der Waals surface area (Å²) in [6.45, 7) is 4.51. The third kappa shape index (κ3) is 3.55. The molecule has 7 rings (SSSR count). The van der Waals surface area contributed by atoms with Gasteiger partial charge < -0.3 is 15.5 Å². The molecule has 0 aromatic carbocycles. The van der Waals surface area contributed by atoms with Crippen LogP contribution in [0.5, 0.6) is 0 Å². The fraction of sp³-hybridized carbons (Fsp3) is 0.500. The summed E-state index contributed by atoms with van der Waals surface area (Å²) in [5.41, 5.74) is 1.58. The van der Waals surface area contributed by atoms with E-state index >= 15 is 0 Å². The number of aromatic nitrogens is 8. The van der Waals surface area contributed by atoms with Gasteiger partial charge in [0.05, 0.1) is 29.6 Å². The van der Waals surface area contributed by atoms with Gasteiger partial charge in [-0.15, -0.1) is 5.10 Å². The molecule has 4 aromatic heterocycles. The van der Waals surface area contributed by atoms with E-state index in [4.69, 9.17) is 4.98 Å². The topological polar surface area (TPSA) is 124 Å². The average molecular weight is 488 g/mol. The van der Waals surface area contributed by atoms with Crippen molar-refractivity contribution in [3.63, 3.8) is 0 Å². The molecule has 0 atom stereocenters. The molecule has 2 aliphatic carbocycles. The van der Waals surface area contributed by atoms with Crippen molar-refractivity contribution in [2.45, 2.75) is 44.2 Å². The molecule has 1 aliphatic heterocycles. The monoisotopic (exact) mass is 487 g/mol. The van der Waals surface area contributed by atoms with Gasteiger partial charge >= 0.3 is 0 Å². The normalized spacial score (nSPS) is 20.3. The molecule has 12 nitrogen and oxygen atoms in total. The van der Waals surface area contributed by atoms with Gasteiger partial charge in [-0.05, 0) is 51.1 Å². The van der Waals surface area contributed by atoms with Gasteiger partial charge in [0.25, 0.3) is 5.56 Å². The maximum atomic E-state index is 13.5. The molecule has 3 fully saturated rings. The Morgan fingerprint density at radius 2 is 1.92 bits per heavy atom. The van der Waals surface area contributed by atoms with Crippen molar-refractivity contribution >= 4 is 28.4 Å². The second-order valence-corrected chi connectivity index (χ2v) is 11.2. The molecule has 36 heavy (non-hydrogen) atoms. The number of aryl methyl sites for hydroxylation is 1. The van der Waals surface area contributed by atoms with Gasteiger partial charge in [-0.1, -0.05) is 5.21 Å². The van der Waals surface area contributed by atoms with E-state index in [0.29, 0.717) is 39.9 Å². The van der Waals surface area contributed by atoms with Crippen LogP contribution in [0.2, 0.25) is 0 Å². The van der Waals surface area contributed by atoms with E-state index in [2.05, 4.69) is 54.6 Å². The largest absolute Gasteiger partial charge is 0.364 e. The molecule has 0 radical (unpaired) electrons. The van der Waals surface area contributed by atoms with E-state index < -0.39 is 0 Å². The number of pyridine rings is 1. The Morgan fingerprint density at radius 3 is 2.61 bits per heavy atom. The molecule has 186 valence electrons. The first kappa shape index (κ1) is 21.5. The van der Waals surface area contributed by atoms with Crippen LogP contribution in [0.25, 0.3) is 16.7 Å². The van der Waals surface area contributed by atoms with E-state index in [1.165, 1.54) is 30.5 Å². The zero-order chi connectivity index (χ0) is 24.7. The molecule has 1 saturated heterocycles. The van der Waals surface area contributed by atoms with Crippen molar-refractivity contribution in [1.82, 2.24) is 44.2 Å². The van der Waals surface area contributed by atoms with E-state index in [1.807, 2.05) is 18.5 Å². The summed E-state index contributed by atoms with van der Waals surface area (Å²) in [5, 5.41) is 19.8. The number of nitrogens with zero attached hydrogens (tertiary/aromatic N) is 9. The molecule has 0 bridgehead atoms. The second-order valence-electron chi connectivity index (χ2n) is 11.2. The highest BCUT2D eigenvalue weighted by atomic mass is 16.1. The molecule has 2 N–H and O–H groups in total. The Kier molecular flexibility index (Phi) is 4.39. The van der Waals surface area contributed by atoms with Gasteiger partial charge in [0.1, 0.15) is 11.2 Å². The van der Waals surface area contributed by atoms with Crippen molar-refractivity contribution in [1.29, 1.82) is 0 Å². The van der Waals surface area contributed by atoms with Crippen LogP contribution in [-0.2, 0) is 7.05 Å². The Morgan fingerprint density at radius 1 is 1.11 bits per heavy atom. The summed E-state index contributed by atoms with van der Waals surface area (Å²) in [6.07, 6.45) is 11.6. The maximum absolute atomic E-state index is 13.5. The summed E-state index contributed by atoms with van der Waals surface area (Å²) in [5.74, 6) is 1.40. The van der Waals surface area contributed by atoms with Crippen molar-refractivity contribution in [3.8, 4) is 5.82 Å². The van der Waals surface area contributed by atoms with Crippen LogP contribution in [0, 0.1) is 5.41 Å². The van der Waals surface area contributed by atoms with Crippen LogP contribution in [0.3, 0.4) is 0 Å². The lowest BCUT2D eigenvalue weighted by Crippen LogP contribution is -2.60. The maximum Gasteiger partial charge on any atom is 0.269 e. The minimum atomic E-state index is -0.236.